The molecular weight excluding hydrogens is 382 g/mol. The lowest BCUT2D eigenvalue weighted by molar-refractivity contribution is -0.121. The molecule has 156 valence electrons. The van der Waals surface area contributed by atoms with E-state index < -0.39 is 0 Å². The van der Waals surface area contributed by atoms with Gasteiger partial charge in [0.2, 0.25) is 24.5 Å². The van der Waals surface area contributed by atoms with Gasteiger partial charge >= 0.3 is 0 Å². The molecule has 7 nitrogen and oxygen atoms in total. The molecule has 1 spiro atoms. The third-order valence-electron chi connectivity index (χ3n) is 7.27. The van der Waals surface area contributed by atoms with E-state index in [2.05, 4.69) is 27.7 Å². The maximum Gasteiger partial charge on any atom is 0.231 e. The lowest BCUT2D eigenvalue weighted by Crippen LogP contribution is -2.31. The lowest BCUT2D eigenvalue weighted by atomic mass is 9.89. The Morgan fingerprint density at radius 3 is 2.87 bits per heavy atom. The van der Waals surface area contributed by atoms with Crippen molar-refractivity contribution in [2.24, 2.45) is 23.2 Å². The van der Waals surface area contributed by atoms with E-state index in [0.29, 0.717) is 48.3 Å². The zero-order valence-electron chi connectivity index (χ0n) is 16.8. The minimum Gasteiger partial charge on any atom is -0.454 e. The topological polar surface area (TPSA) is 86.5 Å². The number of ether oxygens (including phenoxy) is 2. The summed E-state index contributed by atoms with van der Waals surface area (Å²) < 4.78 is 16.5. The third-order valence-corrected chi connectivity index (χ3v) is 7.27. The van der Waals surface area contributed by atoms with E-state index in [-0.39, 0.29) is 12.7 Å². The van der Waals surface area contributed by atoms with Gasteiger partial charge in [-0.1, -0.05) is 18.2 Å². The number of carbonyl (C=O) groups is 1. The fourth-order valence-corrected chi connectivity index (χ4v) is 5.60. The van der Waals surface area contributed by atoms with Crippen LogP contribution >= 0.6 is 0 Å². The number of fused-ring (bicyclic) bond motifs is 1. The highest BCUT2D eigenvalue weighted by Crippen LogP contribution is 2.69. The Balaban J connectivity index is 0.979. The number of benzene rings is 1. The van der Waals surface area contributed by atoms with Gasteiger partial charge in [-0.2, -0.15) is 0 Å². The molecule has 0 unspecified atom stereocenters. The van der Waals surface area contributed by atoms with Crippen molar-refractivity contribution in [2.75, 3.05) is 13.3 Å². The predicted octanol–water partition coefficient (Wildman–Crippen LogP) is 3.04. The Bertz CT molecular complexity index is 1010. The Labute approximate surface area is 174 Å². The van der Waals surface area contributed by atoms with E-state index in [9.17, 15) is 4.79 Å². The summed E-state index contributed by atoms with van der Waals surface area (Å²) in [6, 6.07) is 5.77. The average Bonchev–Trinajstić information content (AvgIpc) is 3.05. The molecule has 1 aromatic heterocycles. The quantitative estimate of drug-likeness (QED) is 0.710. The van der Waals surface area contributed by atoms with Crippen molar-refractivity contribution in [1.29, 1.82) is 0 Å². The van der Waals surface area contributed by atoms with Crippen molar-refractivity contribution in [3.63, 3.8) is 0 Å². The van der Waals surface area contributed by atoms with Crippen LogP contribution in [0.25, 0.3) is 0 Å². The number of rotatable bonds is 7. The summed E-state index contributed by atoms with van der Waals surface area (Å²) in [6.45, 7) is 1.04. The summed E-state index contributed by atoms with van der Waals surface area (Å²) >= 11 is 0. The average molecular weight is 407 g/mol. The lowest BCUT2D eigenvalue weighted by Gasteiger charge is -2.20. The van der Waals surface area contributed by atoms with Crippen LogP contribution in [-0.4, -0.2) is 29.4 Å². The van der Waals surface area contributed by atoms with E-state index in [1.165, 1.54) is 19.3 Å². The van der Waals surface area contributed by atoms with E-state index >= 15 is 0 Å². The number of hydrogen-bond donors (Lipinski definition) is 1. The molecule has 1 N–H and O–H groups in total. The van der Waals surface area contributed by atoms with Gasteiger partial charge in [0.25, 0.3) is 0 Å². The number of aryl methyl sites for hydroxylation is 1. The van der Waals surface area contributed by atoms with E-state index in [1.54, 1.807) is 0 Å². The van der Waals surface area contributed by atoms with Crippen molar-refractivity contribution in [1.82, 2.24) is 15.5 Å². The SMILES string of the molecule is O=C(CCc1nnc(Cc2ccc3c(c2)OCO3)o1)NC[C@H]1C[C@H]2C=C[C@H]1C21CC1. The highest BCUT2D eigenvalue weighted by Gasteiger charge is 2.62. The molecule has 2 bridgehead atoms. The molecule has 6 rings (SSSR count). The van der Waals surface area contributed by atoms with Gasteiger partial charge in [-0.25, -0.2) is 0 Å². The van der Waals surface area contributed by atoms with Crippen molar-refractivity contribution >= 4 is 5.91 Å². The molecule has 2 fully saturated rings. The molecule has 4 aliphatic rings. The second-order valence-corrected chi connectivity index (χ2v) is 9.00. The molecule has 7 heteroatoms. The van der Waals surface area contributed by atoms with Crippen molar-refractivity contribution < 1.29 is 18.7 Å². The van der Waals surface area contributed by atoms with E-state index in [0.717, 1.165) is 29.5 Å². The van der Waals surface area contributed by atoms with Gasteiger partial charge in [0.1, 0.15) is 0 Å². The van der Waals surface area contributed by atoms with Crippen molar-refractivity contribution in [3.8, 4) is 11.5 Å². The molecule has 1 aromatic carbocycles. The fourth-order valence-electron chi connectivity index (χ4n) is 5.60. The highest BCUT2D eigenvalue weighted by molar-refractivity contribution is 5.76. The molecule has 3 aliphatic carbocycles. The smallest absolute Gasteiger partial charge is 0.231 e. The monoisotopic (exact) mass is 407 g/mol. The number of nitrogens with zero attached hydrogens (tertiary/aromatic N) is 2. The van der Waals surface area contributed by atoms with Crippen LogP contribution in [-0.2, 0) is 17.6 Å². The van der Waals surface area contributed by atoms with Gasteiger partial charge in [-0.05, 0) is 60.1 Å². The summed E-state index contributed by atoms with van der Waals surface area (Å²) in [7, 11) is 0. The van der Waals surface area contributed by atoms with Crippen LogP contribution < -0.4 is 14.8 Å². The first-order chi connectivity index (χ1) is 14.7. The zero-order chi connectivity index (χ0) is 20.1. The molecular formula is C23H25N3O4. The number of allylic oxidation sites excluding steroid dienone is 2. The minimum atomic E-state index is 0.0575. The Hall–Kier alpha value is -2.83. The first kappa shape index (κ1) is 18.0. The standard InChI is InChI=1S/C23H25N3O4/c27-20(24-12-15-11-16-2-3-17(15)23(16)7-8-23)5-6-21-25-26-22(30-21)10-14-1-4-18-19(9-14)29-13-28-18/h1-4,9,15-17H,5-8,10-13H2,(H,24,27)/t15-,16-,17-/m1/s1. The van der Waals surface area contributed by atoms with E-state index in [4.69, 9.17) is 13.9 Å². The Morgan fingerprint density at radius 2 is 2.00 bits per heavy atom. The summed E-state index contributed by atoms with van der Waals surface area (Å²) in [5, 5.41) is 11.3. The van der Waals surface area contributed by atoms with Gasteiger partial charge in [-0.15, -0.1) is 10.2 Å². The van der Waals surface area contributed by atoms with Crippen LogP contribution in [0.15, 0.2) is 34.8 Å². The second-order valence-electron chi connectivity index (χ2n) is 9.00. The van der Waals surface area contributed by atoms with Gasteiger partial charge in [0.15, 0.2) is 11.5 Å². The van der Waals surface area contributed by atoms with Crippen LogP contribution in [0.2, 0.25) is 0 Å². The van der Waals surface area contributed by atoms with Gasteiger partial charge in [0.05, 0.1) is 6.42 Å². The predicted molar refractivity (Wildman–Crippen MR) is 107 cm³/mol. The first-order valence-corrected chi connectivity index (χ1v) is 10.8. The second kappa shape index (κ2) is 6.86. The molecule has 1 aliphatic heterocycles. The molecule has 2 saturated carbocycles. The molecule has 0 saturated heterocycles. The van der Waals surface area contributed by atoms with Gasteiger partial charge < -0.3 is 19.2 Å². The molecule has 2 heterocycles. The van der Waals surface area contributed by atoms with Crippen LogP contribution in [0.1, 0.15) is 43.0 Å². The molecule has 30 heavy (non-hydrogen) atoms. The van der Waals surface area contributed by atoms with Crippen molar-refractivity contribution in [3.05, 3.63) is 47.7 Å². The largest absolute Gasteiger partial charge is 0.454 e. The van der Waals surface area contributed by atoms with Gasteiger partial charge in [0, 0.05) is 19.4 Å². The summed E-state index contributed by atoms with van der Waals surface area (Å²) in [5.41, 5.74) is 1.59. The Morgan fingerprint density at radius 1 is 1.13 bits per heavy atom. The van der Waals surface area contributed by atoms with Crippen LogP contribution in [0, 0.1) is 23.2 Å². The fraction of sp³-hybridized carbons (Fsp3) is 0.522. The van der Waals surface area contributed by atoms with Crippen LogP contribution in [0.3, 0.4) is 0 Å². The highest BCUT2D eigenvalue weighted by atomic mass is 16.7. The zero-order valence-corrected chi connectivity index (χ0v) is 16.8. The molecule has 1 amide bonds. The van der Waals surface area contributed by atoms with Crippen molar-refractivity contribution in [2.45, 2.75) is 38.5 Å². The third kappa shape index (κ3) is 3.07. The van der Waals surface area contributed by atoms with Crippen LogP contribution in [0.4, 0.5) is 0 Å². The number of amides is 1. The number of nitrogens with one attached hydrogen (secondary N) is 1. The summed E-state index contributed by atoms with van der Waals surface area (Å²) in [4.78, 5) is 12.3. The summed E-state index contributed by atoms with van der Waals surface area (Å²) in [5.74, 6) is 4.62. The summed E-state index contributed by atoms with van der Waals surface area (Å²) in [6.07, 6.45) is 10.1. The maximum atomic E-state index is 12.3. The number of hydrogen-bond acceptors (Lipinski definition) is 6. The minimum absolute atomic E-state index is 0.0575. The number of carbonyl (C=O) groups excluding carboxylic acids is 1. The normalized spacial score (nSPS) is 26.5. The molecule has 3 atom stereocenters. The maximum absolute atomic E-state index is 12.3. The Kier molecular flexibility index (Phi) is 4.11. The van der Waals surface area contributed by atoms with Gasteiger partial charge in [-0.3, -0.25) is 4.79 Å². The first-order valence-electron chi connectivity index (χ1n) is 10.8. The molecule has 0 radical (unpaired) electrons. The van der Waals surface area contributed by atoms with E-state index in [1.807, 2.05) is 18.2 Å². The molecule has 2 aromatic rings. The van der Waals surface area contributed by atoms with Crippen LogP contribution in [0.5, 0.6) is 11.5 Å². The number of aromatic nitrogens is 2.